The molecule has 0 heterocycles. The van der Waals surface area contributed by atoms with Crippen LogP contribution in [0.3, 0.4) is 0 Å². The number of unbranched alkanes of at least 4 members (excludes halogenated alkanes) is 36. The molecular weight excluding hydrogens is 912 g/mol. The number of quaternary nitrogens is 1. The van der Waals surface area contributed by atoms with Gasteiger partial charge in [-0.15, -0.1) is 0 Å². The van der Waals surface area contributed by atoms with Crippen molar-refractivity contribution in [3.05, 3.63) is 48.6 Å². The third kappa shape index (κ3) is 56.2. The van der Waals surface area contributed by atoms with Gasteiger partial charge in [0.15, 0.2) is 0 Å². The number of hydrogen-bond donors (Lipinski definition) is 2. The van der Waals surface area contributed by atoms with Crippen LogP contribution in [0.25, 0.3) is 0 Å². The van der Waals surface area contributed by atoms with Crippen molar-refractivity contribution < 1.29 is 32.9 Å². The lowest BCUT2D eigenvalue weighted by Crippen LogP contribution is -2.46. The van der Waals surface area contributed by atoms with E-state index in [1.165, 1.54) is 205 Å². The molecule has 0 rings (SSSR count). The van der Waals surface area contributed by atoms with Gasteiger partial charge in [-0.25, -0.2) is 0 Å². The molecule has 424 valence electrons. The quantitative estimate of drug-likeness (QED) is 0.0272. The highest BCUT2D eigenvalue weighted by molar-refractivity contribution is 7.45. The molecule has 9 heteroatoms. The van der Waals surface area contributed by atoms with Gasteiger partial charge >= 0.3 is 0 Å². The molecule has 3 unspecified atom stereocenters. The Balaban J connectivity index is 4.12. The Hall–Kier alpha value is -1.54. The van der Waals surface area contributed by atoms with Gasteiger partial charge in [0, 0.05) is 6.42 Å². The highest BCUT2D eigenvalue weighted by Gasteiger charge is 2.24. The first-order chi connectivity index (χ1) is 35.0. The van der Waals surface area contributed by atoms with Crippen LogP contribution in [0.1, 0.15) is 296 Å². The largest absolute Gasteiger partial charge is 0.756 e. The molecule has 0 saturated carbocycles. The molecule has 0 spiro atoms. The van der Waals surface area contributed by atoms with Crippen LogP contribution in [0.2, 0.25) is 0 Å². The maximum absolute atomic E-state index is 13.0. The highest BCUT2D eigenvalue weighted by atomic mass is 31.2. The summed E-state index contributed by atoms with van der Waals surface area (Å²) in [6, 6.07) is -0.804. The molecule has 0 aromatic rings. The topological polar surface area (TPSA) is 108 Å². The molecule has 8 nitrogen and oxygen atoms in total. The number of amides is 1. The van der Waals surface area contributed by atoms with Crippen LogP contribution < -0.4 is 10.2 Å². The Bertz CT molecular complexity index is 1310. The molecule has 0 aliphatic carbocycles. The van der Waals surface area contributed by atoms with Crippen molar-refractivity contribution in [3.63, 3.8) is 0 Å². The molecule has 3 atom stereocenters. The van der Waals surface area contributed by atoms with Crippen molar-refractivity contribution in [2.75, 3.05) is 40.9 Å². The van der Waals surface area contributed by atoms with Crippen LogP contribution in [-0.4, -0.2) is 68.5 Å². The lowest BCUT2D eigenvalue weighted by atomic mass is 10.0. The molecule has 0 aliphatic heterocycles. The Labute approximate surface area is 448 Å². The van der Waals surface area contributed by atoms with E-state index in [0.29, 0.717) is 23.9 Å². The summed E-state index contributed by atoms with van der Waals surface area (Å²) in [5.41, 5.74) is 0. The van der Waals surface area contributed by atoms with Crippen molar-refractivity contribution in [2.24, 2.45) is 0 Å². The van der Waals surface area contributed by atoms with Crippen molar-refractivity contribution in [1.29, 1.82) is 0 Å². The summed E-state index contributed by atoms with van der Waals surface area (Å²) < 4.78 is 23.5. The van der Waals surface area contributed by atoms with Gasteiger partial charge < -0.3 is 28.8 Å². The van der Waals surface area contributed by atoms with E-state index in [-0.39, 0.29) is 19.1 Å². The lowest BCUT2D eigenvalue weighted by molar-refractivity contribution is -0.870. The number of aliphatic hydroxyl groups is 1. The van der Waals surface area contributed by atoms with E-state index >= 15 is 0 Å². The number of carbonyl (C=O) groups excluding carboxylic acids is 1. The fourth-order valence-electron chi connectivity index (χ4n) is 9.27. The van der Waals surface area contributed by atoms with Gasteiger partial charge in [0.25, 0.3) is 7.82 Å². The van der Waals surface area contributed by atoms with Gasteiger partial charge in [-0.3, -0.25) is 9.36 Å². The Morgan fingerprint density at radius 2 is 0.847 bits per heavy atom. The molecule has 0 saturated heterocycles. The fourth-order valence-corrected chi connectivity index (χ4v) is 9.99. The van der Waals surface area contributed by atoms with Gasteiger partial charge in [0.1, 0.15) is 13.2 Å². The fraction of sp³-hybridized carbons (Fsp3) is 0.857. The molecule has 0 bridgehead atoms. The van der Waals surface area contributed by atoms with E-state index in [0.717, 1.165) is 64.2 Å². The Morgan fingerprint density at radius 3 is 1.24 bits per heavy atom. The Kier molecular flexibility index (Phi) is 53.1. The standard InChI is InChI=1S/C63H121N2O6P/c1-6-8-10-12-14-16-18-20-22-24-26-28-30-32-34-36-38-40-42-44-46-48-50-52-54-56-62(66)61(60-71-72(68,69)70-59-58-65(3,4)5)64-63(67)57-55-53-51-49-47-45-43-41-39-37-35-33-31-29-27-25-23-21-19-17-15-13-11-9-7-2/h9,11,15,17,21,23,27,29,61-62,66H,6-8,10,12-14,16,18-20,22,24-26,28,30-60H2,1-5H3,(H-,64,67,68,69)/b11-9-,17-15-,23-21-,29-27-. The third-order valence-electron chi connectivity index (χ3n) is 14.1. The number of hydrogen-bond acceptors (Lipinski definition) is 6. The van der Waals surface area contributed by atoms with E-state index in [1.54, 1.807) is 0 Å². The van der Waals surface area contributed by atoms with Crippen LogP contribution in [0, 0.1) is 0 Å². The number of carbonyl (C=O) groups is 1. The van der Waals surface area contributed by atoms with Gasteiger partial charge in [0.05, 0.1) is 39.9 Å². The number of nitrogens with one attached hydrogen (secondary N) is 1. The zero-order chi connectivity index (χ0) is 52.7. The van der Waals surface area contributed by atoms with Crippen molar-refractivity contribution in [3.8, 4) is 0 Å². The van der Waals surface area contributed by atoms with E-state index in [4.69, 9.17) is 9.05 Å². The molecule has 1 amide bonds. The first-order valence-corrected chi connectivity index (χ1v) is 32.4. The number of phosphoric acid groups is 1. The lowest BCUT2D eigenvalue weighted by Gasteiger charge is -2.30. The highest BCUT2D eigenvalue weighted by Crippen LogP contribution is 2.38. The van der Waals surface area contributed by atoms with Crippen molar-refractivity contribution >= 4 is 13.7 Å². The summed E-state index contributed by atoms with van der Waals surface area (Å²) in [4.78, 5) is 25.6. The monoisotopic (exact) mass is 1030 g/mol. The second-order valence-corrected chi connectivity index (χ2v) is 23.8. The minimum Gasteiger partial charge on any atom is -0.756 e. The summed E-state index contributed by atoms with van der Waals surface area (Å²) in [5, 5.41) is 14.1. The summed E-state index contributed by atoms with van der Waals surface area (Å²) >= 11 is 0. The normalized spacial score (nSPS) is 14.2. The predicted octanol–water partition coefficient (Wildman–Crippen LogP) is 18.5. The molecule has 72 heavy (non-hydrogen) atoms. The summed E-state index contributed by atoms with van der Waals surface area (Å²) in [5.74, 6) is -0.164. The zero-order valence-corrected chi connectivity index (χ0v) is 49.3. The predicted molar refractivity (Wildman–Crippen MR) is 311 cm³/mol. The van der Waals surface area contributed by atoms with Crippen LogP contribution >= 0.6 is 7.82 Å². The van der Waals surface area contributed by atoms with Crippen LogP contribution in [0.4, 0.5) is 0 Å². The minimum atomic E-state index is -4.58. The molecule has 0 aliphatic rings. The first-order valence-electron chi connectivity index (χ1n) is 31.0. The average molecular weight is 1030 g/mol. The van der Waals surface area contributed by atoms with Gasteiger partial charge in [-0.1, -0.05) is 287 Å². The van der Waals surface area contributed by atoms with E-state index < -0.39 is 20.0 Å². The molecule has 0 aromatic carbocycles. The van der Waals surface area contributed by atoms with Crippen molar-refractivity contribution in [2.45, 2.75) is 309 Å². The van der Waals surface area contributed by atoms with Gasteiger partial charge in [0.2, 0.25) is 5.91 Å². The number of nitrogens with zero attached hydrogens (tertiary/aromatic N) is 1. The second-order valence-electron chi connectivity index (χ2n) is 22.4. The molecular formula is C63H121N2O6P. The maximum atomic E-state index is 13.0. The smallest absolute Gasteiger partial charge is 0.268 e. The molecule has 0 aromatic heterocycles. The summed E-state index contributed by atoms with van der Waals surface area (Å²) in [7, 11) is 1.31. The van der Waals surface area contributed by atoms with Crippen molar-refractivity contribution in [1.82, 2.24) is 5.32 Å². The van der Waals surface area contributed by atoms with Gasteiger partial charge in [-0.2, -0.15) is 0 Å². The number of allylic oxidation sites excluding steroid dienone is 8. The van der Waals surface area contributed by atoms with E-state index in [2.05, 4.69) is 67.8 Å². The molecule has 2 N–H and O–H groups in total. The van der Waals surface area contributed by atoms with Crippen LogP contribution in [0.5, 0.6) is 0 Å². The van der Waals surface area contributed by atoms with Crippen LogP contribution in [0.15, 0.2) is 48.6 Å². The van der Waals surface area contributed by atoms with Gasteiger partial charge in [-0.05, 0) is 51.4 Å². The summed E-state index contributed by atoms with van der Waals surface area (Å²) in [6.07, 6.45) is 71.5. The van der Waals surface area contributed by atoms with E-state index in [1.807, 2.05) is 21.1 Å². The van der Waals surface area contributed by atoms with Crippen LogP contribution in [-0.2, 0) is 18.4 Å². The third-order valence-corrected chi connectivity index (χ3v) is 15.0. The second kappa shape index (κ2) is 54.3. The minimum absolute atomic E-state index is 0.0115. The number of rotatable bonds is 57. The number of aliphatic hydroxyl groups excluding tert-OH is 1. The Morgan fingerprint density at radius 1 is 0.500 bits per heavy atom. The van der Waals surface area contributed by atoms with E-state index in [9.17, 15) is 19.4 Å². The average Bonchev–Trinajstić information content (AvgIpc) is 3.34. The number of phosphoric ester groups is 1. The molecule has 0 fully saturated rings. The SMILES string of the molecule is CC/C=C\C/C=C\C/C=C\C/C=C\CCCCCCCCCCCCCCC(=O)NC(COP(=O)([O-])OCC[N+](C)(C)C)C(O)CCCCCCCCCCCCCCCCCCCCCCCCCCC. The zero-order valence-electron chi connectivity index (χ0n) is 48.4. The summed E-state index contributed by atoms with van der Waals surface area (Å²) in [6.45, 7) is 4.65. The first kappa shape index (κ1) is 70.5. The maximum Gasteiger partial charge on any atom is 0.268 e. The number of likely N-dealkylation sites (N-methyl/N-ethyl adjacent to an activating group) is 1. The molecule has 0 radical (unpaired) electrons.